The number of nitrogens with zero attached hydrogens (tertiary/aromatic N) is 3. The molecule has 19 heavy (non-hydrogen) atoms. The fraction of sp³-hybridized carbons (Fsp3) is 0.133. The molecule has 3 nitrogen and oxygen atoms in total. The second-order valence-corrected chi connectivity index (χ2v) is 5.35. The highest BCUT2D eigenvalue weighted by Crippen LogP contribution is 2.32. The maximum absolute atomic E-state index is 9.11. The Hall–Kier alpha value is -2.25. The van der Waals surface area contributed by atoms with Gasteiger partial charge in [0.2, 0.25) is 0 Å². The average molecular weight is 265 g/mol. The Balaban J connectivity index is 2.29. The molecule has 3 rings (SSSR count). The number of hydrogen-bond acceptors (Lipinski definition) is 4. The lowest BCUT2D eigenvalue weighted by Crippen LogP contribution is -1.92. The van der Waals surface area contributed by atoms with Crippen LogP contribution in [0.25, 0.3) is 21.6 Å². The molecule has 0 spiro atoms. The molecule has 1 aromatic carbocycles. The van der Waals surface area contributed by atoms with Gasteiger partial charge in [-0.05, 0) is 19.4 Å². The maximum Gasteiger partial charge on any atom is 0.161 e. The van der Waals surface area contributed by atoms with Gasteiger partial charge in [0.25, 0.3) is 0 Å². The minimum atomic E-state index is 0.719. The van der Waals surface area contributed by atoms with E-state index in [1.807, 2.05) is 44.2 Å². The molecule has 3 aromatic rings. The Morgan fingerprint density at radius 2 is 1.84 bits per heavy atom. The molecule has 0 unspecified atom stereocenters. The van der Waals surface area contributed by atoms with Crippen LogP contribution >= 0.6 is 11.3 Å². The molecule has 0 atom stereocenters. The highest BCUT2D eigenvalue weighted by Gasteiger charge is 2.14. The minimum absolute atomic E-state index is 0.719. The van der Waals surface area contributed by atoms with E-state index in [-0.39, 0.29) is 0 Å². The van der Waals surface area contributed by atoms with Gasteiger partial charge in [0.1, 0.15) is 15.8 Å². The fourth-order valence-electron chi connectivity index (χ4n) is 2.16. The summed E-state index contributed by atoms with van der Waals surface area (Å²) < 4.78 is 0. The second-order valence-electron chi connectivity index (χ2n) is 4.35. The number of aryl methyl sites for hydroxylation is 2. The van der Waals surface area contributed by atoms with Crippen molar-refractivity contribution in [3.05, 3.63) is 46.5 Å². The first-order valence-electron chi connectivity index (χ1n) is 5.94. The molecule has 4 heteroatoms. The molecule has 0 bridgehead atoms. The van der Waals surface area contributed by atoms with Gasteiger partial charge in [0.05, 0.1) is 5.69 Å². The molecule has 2 heterocycles. The standard InChI is InChI=1S/C15H11N3S/c1-9-12(8-16)19-15-13(9)10(2)17-14(18-15)11-6-4-3-5-7-11/h3-7H,1-2H3. The highest BCUT2D eigenvalue weighted by atomic mass is 32.1. The summed E-state index contributed by atoms with van der Waals surface area (Å²) in [4.78, 5) is 10.8. The smallest absolute Gasteiger partial charge is 0.161 e. The van der Waals surface area contributed by atoms with Crippen LogP contribution in [0.5, 0.6) is 0 Å². The normalized spacial score (nSPS) is 10.6. The van der Waals surface area contributed by atoms with Gasteiger partial charge in [0, 0.05) is 10.9 Å². The van der Waals surface area contributed by atoms with Crippen molar-refractivity contribution in [2.24, 2.45) is 0 Å². The molecule has 2 aromatic heterocycles. The molecule has 0 saturated carbocycles. The van der Waals surface area contributed by atoms with Crippen LogP contribution in [-0.2, 0) is 0 Å². The van der Waals surface area contributed by atoms with Gasteiger partial charge in [0.15, 0.2) is 5.82 Å². The van der Waals surface area contributed by atoms with Crippen molar-refractivity contribution in [2.45, 2.75) is 13.8 Å². The lowest BCUT2D eigenvalue weighted by atomic mass is 10.1. The molecule has 92 valence electrons. The summed E-state index contributed by atoms with van der Waals surface area (Å²) in [7, 11) is 0. The van der Waals surface area contributed by atoms with E-state index in [0.29, 0.717) is 0 Å². The van der Waals surface area contributed by atoms with Crippen LogP contribution in [0, 0.1) is 25.2 Å². The first-order valence-corrected chi connectivity index (χ1v) is 6.75. The lowest BCUT2D eigenvalue weighted by Gasteiger charge is -2.03. The summed E-state index contributed by atoms with van der Waals surface area (Å²) >= 11 is 1.43. The third kappa shape index (κ3) is 1.88. The number of rotatable bonds is 1. The number of nitriles is 1. The van der Waals surface area contributed by atoms with Crippen LogP contribution in [0.15, 0.2) is 30.3 Å². The second kappa shape index (κ2) is 4.45. The molecule has 0 aliphatic carbocycles. The molecule has 0 aliphatic rings. The van der Waals surface area contributed by atoms with Crippen molar-refractivity contribution < 1.29 is 0 Å². The Labute approximate surface area is 115 Å². The van der Waals surface area contributed by atoms with E-state index in [4.69, 9.17) is 5.26 Å². The van der Waals surface area contributed by atoms with Gasteiger partial charge in [-0.15, -0.1) is 11.3 Å². The van der Waals surface area contributed by atoms with E-state index in [2.05, 4.69) is 16.0 Å². The minimum Gasteiger partial charge on any atom is -0.233 e. The van der Waals surface area contributed by atoms with E-state index in [0.717, 1.165) is 37.7 Å². The zero-order valence-electron chi connectivity index (χ0n) is 10.6. The fourth-order valence-corrected chi connectivity index (χ4v) is 3.19. The van der Waals surface area contributed by atoms with E-state index >= 15 is 0 Å². The van der Waals surface area contributed by atoms with Crippen molar-refractivity contribution in [1.29, 1.82) is 5.26 Å². The number of hydrogen-bond donors (Lipinski definition) is 0. The lowest BCUT2D eigenvalue weighted by molar-refractivity contribution is 1.16. The SMILES string of the molecule is Cc1nc(-c2ccccc2)nc2sc(C#N)c(C)c12. The molecule has 0 saturated heterocycles. The summed E-state index contributed by atoms with van der Waals surface area (Å²) in [5, 5.41) is 10.1. The number of aromatic nitrogens is 2. The summed E-state index contributed by atoms with van der Waals surface area (Å²) in [6, 6.07) is 12.1. The molecule has 0 fully saturated rings. The number of thiophene rings is 1. The van der Waals surface area contributed by atoms with E-state index in [9.17, 15) is 0 Å². The van der Waals surface area contributed by atoms with E-state index in [1.165, 1.54) is 11.3 Å². The van der Waals surface area contributed by atoms with Crippen molar-refractivity contribution >= 4 is 21.6 Å². The maximum atomic E-state index is 9.11. The Morgan fingerprint density at radius 3 is 2.53 bits per heavy atom. The predicted molar refractivity (Wildman–Crippen MR) is 77.0 cm³/mol. The molecule has 0 aliphatic heterocycles. The first-order chi connectivity index (χ1) is 9.20. The van der Waals surface area contributed by atoms with Crippen LogP contribution in [-0.4, -0.2) is 9.97 Å². The van der Waals surface area contributed by atoms with E-state index < -0.39 is 0 Å². The third-order valence-corrected chi connectivity index (χ3v) is 4.19. The van der Waals surface area contributed by atoms with Crippen LogP contribution in [0.3, 0.4) is 0 Å². The van der Waals surface area contributed by atoms with Gasteiger partial charge in [-0.3, -0.25) is 0 Å². The average Bonchev–Trinajstić information content (AvgIpc) is 2.76. The van der Waals surface area contributed by atoms with Gasteiger partial charge < -0.3 is 0 Å². The van der Waals surface area contributed by atoms with E-state index in [1.54, 1.807) is 0 Å². The Kier molecular flexibility index (Phi) is 2.77. The first kappa shape index (κ1) is 11.8. The molecule has 0 radical (unpaired) electrons. The summed E-state index contributed by atoms with van der Waals surface area (Å²) in [5.41, 5.74) is 2.91. The monoisotopic (exact) mass is 265 g/mol. The molecular weight excluding hydrogens is 254 g/mol. The van der Waals surface area contributed by atoms with Crippen molar-refractivity contribution in [2.75, 3.05) is 0 Å². The number of fused-ring (bicyclic) bond motifs is 1. The molecular formula is C15H11N3S. The van der Waals surface area contributed by atoms with Crippen LogP contribution < -0.4 is 0 Å². The van der Waals surface area contributed by atoms with Crippen molar-refractivity contribution in [3.8, 4) is 17.5 Å². The summed E-state index contributed by atoms with van der Waals surface area (Å²) in [6.45, 7) is 3.92. The van der Waals surface area contributed by atoms with Gasteiger partial charge in [-0.1, -0.05) is 30.3 Å². The summed E-state index contributed by atoms with van der Waals surface area (Å²) in [5.74, 6) is 0.719. The predicted octanol–water partition coefficient (Wildman–Crippen LogP) is 3.85. The zero-order chi connectivity index (χ0) is 13.4. The molecule has 0 amide bonds. The van der Waals surface area contributed by atoms with Crippen LogP contribution in [0.2, 0.25) is 0 Å². The zero-order valence-corrected chi connectivity index (χ0v) is 11.5. The van der Waals surface area contributed by atoms with Gasteiger partial charge in [-0.2, -0.15) is 5.26 Å². The summed E-state index contributed by atoms with van der Waals surface area (Å²) in [6.07, 6.45) is 0. The molecule has 0 N–H and O–H groups in total. The highest BCUT2D eigenvalue weighted by molar-refractivity contribution is 7.19. The number of benzene rings is 1. The van der Waals surface area contributed by atoms with Crippen molar-refractivity contribution in [3.63, 3.8) is 0 Å². The quantitative estimate of drug-likeness (QED) is 0.671. The topological polar surface area (TPSA) is 49.6 Å². The Bertz CT molecular complexity index is 798. The van der Waals surface area contributed by atoms with Crippen molar-refractivity contribution in [1.82, 2.24) is 9.97 Å². The third-order valence-electron chi connectivity index (χ3n) is 3.10. The largest absolute Gasteiger partial charge is 0.233 e. The van der Waals surface area contributed by atoms with Gasteiger partial charge in [-0.25, -0.2) is 9.97 Å². The van der Waals surface area contributed by atoms with Crippen LogP contribution in [0.1, 0.15) is 16.1 Å². The van der Waals surface area contributed by atoms with Crippen LogP contribution in [0.4, 0.5) is 0 Å². The van der Waals surface area contributed by atoms with Gasteiger partial charge >= 0.3 is 0 Å². The Morgan fingerprint density at radius 1 is 1.11 bits per heavy atom.